The maximum absolute atomic E-state index is 12.3. The number of benzene rings is 1. The van der Waals surface area contributed by atoms with Crippen molar-refractivity contribution in [1.29, 1.82) is 0 Å². The molecule has 0 aliphatic carbocycles. The van der Waals surface area contributed by atoms with E-state index in [1.54, 1.807) is 0 Å². The molecule has 3 rings (SSSR count). The van der Waals surface area contributed by atoms with E-state index in [2.05, 4.69) is 4.98 Å². The molecule has 4 N–H and O–H groups in total. The normalized spacial score (nSPS) is 14.2. The van der Waals surface area contributed by atoms with E-state index in [1.807, 2.05) is 0 Å². The van der Waals surface area contributed by atoms with Crippen molar-refractivity contribution in [2.75, 3.05) is 0 Å². The minimum absolute atomic E-state index is 0.0595. The number of nitrogens with zero attached hydrogens (tertiary/aromatic N) is 2. The zero-order chi connectivity index (χ0) is 15.9. The van der Waals surface area contributed by atoms with Crippen LogP contribution in [0.1, 0.15) is 0 Å². The van der Waals surface area contributed by atoms with Crippen LogP contribution < -0.4 is 16.0 Å². The summed E-state index contributed by atoms with van der Waals surface area (Å²) in [6, 6.07) is 7.09. The first-order valence-corrected chi connectivity index (χ1v) is 6.84. The number of hydrogen-bond acceptors (Lipinski definition) is 7. The van der Waals surface area contributed by atoms with Crippen LogP contribution in [-0.4, -0.2) is 19.4 Å². The fourth-order valence-electron chi connectivity index (χ4n) is 1.94. The van der Waals surface area contributed by atoms with Crippen LogP contribution in [0.15, 0.2) is 41.3 Å². The second-order valence-electron chi connectivity index (χ2n) is 4.42. The third-order valence-electron chi connectivity index (χ3n) is 3.04. The maximum atomic E-state index is 12.3. The van der Waals surface area contributed by atoms with Crippen LogP contribution >= 0.6 is 11.5 Å². The number of hydrogen-bond donors (Lipinski definition) is 4. The van der Waals surface area contributed by atoms with Gasteiger partial charge >= 0.3 is 0 Å². The van der Waals surface area contributed by atoms with Gasteiger partial charge in [0.05, 0.1) is 17.3 Å². The summed E-state index contributed by atoms with van der Waals surface area (Å²) in [6.07, 6.45) is 1.19. The van der Waals surface area contributed by atoms with Gasteiger partial charge in [-0.2, -0.15) is 10.5 Å². The molecule has 0 radical (unpaired) electrons. The molecule has 10 heteroatoms. The lowest BCUT2D eigenvalue weighted by Gasteiger charge is -2.11. The first-order chi connectivity index (χ1) is 10.5. The summed E-state index contributed by atoms with van der Waals surface area (Å²) in [6.45, 7) is 0. The average molecular weight is 322 g/mol. The largest absolute Gasteiger partial charge is 0.595 e. The molecular weight excluding hydrogens is 312 g/mol. The summed E-state index contributed by atoms with van der Waals surface area (Å²) in [4.78, 5) is 16.7. The highest BCUT2D eigenvalue weighted by Gasteiger charge is 2.13. The molecule has 2 heterocycles. The standard InChI is InChI=1S/C12H10N4O5S/c17-12-10-5-9(16(20)21)6-13-11(10)22-14(12)7-1-3-8(4-2-7)15(18)19/h1-6,15-16,18,20H. The SMILES string of the molecule is O=c1c2cc([NH+]([O-])O)cnc2sn1-c1ccc([NH+]([O-])O)cc1. The van der Waals surface area contributed by atoms with Gasteiger partial charge < -0.3 is 10.4 Å². The molecule has 1 aromatic carbocycles. The Balaban J connectivity index is 2.11. The van der Waals surface area contributed by atoms with Crippen LogP contribution in [0.5, 0.6) is 0 Å². The van der Waals surface area contributed by atoms with Crippen LogP contribution in [0, 0.1) is 10.4 Å². The molecule has 0 saturated heterocycles. The van der Waals surface area contributed by atoms with Crippen molar-refractivity contribution >= 4 is 33.1 Å². The summed E-state index contributed by atoms with van der Waals surface area (Å²) in [5, 5.41) is 37.6. The molecule has 0 aliphatic heterocycles. The summed E-state index contributed by atoms with van der Waals surface area (Å²) < 4.78 is 1.34. The predicted octanol–water partition coefficient (Wildman–Crippen LogP) is -0.746. The first kappa shape index (κ1) is 14.7. The monoisotopic (exact) mass is 322 g/mol. The molecule has 2 aromatic heterocycles. The number of aromatic nitrogens is 2. The fourth-order valence-corrected chi connectivity index (χ4v) is 2.87. The van der Waals surface area contributed by atoms with Crippen LogP contribution in [0.2, 0.25) is 0 Å². The van der Waals surface area contributed by atoms with Crippen molar-refractivity contribution in [2.24, 2.45) is 0 Å². The van der Waals surface area contributed by atoms with E-state index in [-0.39, 0.29) is 16.8 Å². The molecule has 114 valence electrons. The lowest BCUT2D eigenvalue weighted by atomic mass is 10.3. The molecule has 2 unspecified atom stereocenters. The molecule has 9 nitrogen and oxygen atoms in total. The van der Waals surface area contributed by atoms with E-state index < -0.39 is 16.0 Å². The molecule has 22 heavy (non-hydrogen) atoms. The van der Waals surface area contributed by atoms with Gasteiger partial charge in [-0.15, -0.1) is 0 Å². The Morgan fingerprint density at radius 2 is 1.73 bits per heavy atom. The van der Waals surface area contributed by atoms with E-state index >= 15 is 0 Å². The van der Waals surface area contributed by atoms with Gasteiger partial charge in [-0.1, -0.05) is 0 Å². The highest BCUT2D eigenvalue weighted by molar-refractivity contribution is 7.13. The quantitative estimate of drug-likeness (QED) is 0.470. The Morgan fingerprint density at radius 3 is 2.32 bits per heavy atom. The number of fused-ring (bicyclic) bond motifs is 1. The van der Waals surface area contributed by atoms with Crippen LogP contribution in [-0.2, 0) is 0 Å². The minimum Gasteiger partial charge on any atom is -0.595 e. The summed E-state index contributed by atoms with van der Waals surface area (Å²) in [5.41, 5.74) is 0.161. The van der Waals surface area contributed by atoms with E-state index in [0.29, 0.717) is 10.5 Å². The number of rotatable bonds is 3. The van der Waals surface area contributed by atoms with Crippen LogP contribution in [0.25, 0.3) is 15.9 Å². The highest BCUT2D eigenvalue weighted by Crippen LogP contribution is 2.20. The van der Waals surface area contributed by atoms with Gasteiger partial charge in [0.15, 0.2) is 11.4 Å². The Kier molecular flexibility index (Phi) is 3.72. The van der Waals surface area contributed by atoms with Crippen molar-refractivity contribution in [2.45, 2.75) is 0 Å². The molecule has 0 fully saturated rings. The van der Waals surface area contributed by atoms with Gasteiger partial charge in [0.2, 0.25) is 0 Å². The predicted molar refractivity (Wildman–Crippen MR) is 76.8 cm³/mol. The zero-order valence-electron chi connectivity index (χ0n) is 10.9. The Hall–Kier alpha value is -2.18. The van der Waals surface area contributed by atoms with Gasteiger partial charge in [0, 0.05) is 18.2 Å². The van der Waals surface area contributed by atoms with E-state index in [9.17, 15) is 15.2 Å². The van der Waals surface area contributed by atoms with Gasteiger partial charge in [-0.3, -0.25) is 4.79 Å². The minimum atomic E-state index is -1.16. The first-order valence-electron chi connectivity index (χ1n) is 6.06. The maximum Gasteiger partial charge on any atom is 0.275 e. The fraction of sp³-hybridized carbons (Fsp3) is 0. The topological polar surface area (TPSA) is 130 Å². The number of pyridine rings is 1. The molecule has 2 atom stereocenters. The second kappa shape index (κ2) is 5.55. The Labute approximate surface area is 126 Å². The summed E-state index contributed by atoms with van der Waals surface area (Å²) in [5.74, 6) is 0. The molecular formula is C12H10N4O5S. The lowest BCUT2D eigenvalue weighted by molar-refractivity contribution is -0.991. The Bertz CT molecular complexity index is 871. The lowest BCUT2D eigenvalue weighted by Crippen LogP contribution is -2.99. The third-order valence-corrected chi connectivity index (χ3v) is 4.10. The van der Waals surface area contributed by atoms with Crippen LogP contribution in [0.3, 0.4) is 0 Å². The molecule has 0 spiro atoms. The molecule has 0 saturated carbocycles. The average Bonchev–Trinajstić information content (AvgIpc) is 2.84. The van der Waals surface area contributed by atoms with Crippen molar-refractivity contribution in [3.8, 4) is 5.69 Å². The summed E-state index contributed by atoms with van der Waals surface area (Å²) in [7, 11) is 0. The van der Waals surface area contributed by atoms with Crippen molar-refractivity contribution in [3.05, 3.63) is 57.3 Å². The van der Waals surface area contributed by atoms with Crippen molar-refractivity contribution < 1.29 is 20.9 Å². The van der Waals surface area contributed by atoms with Crippen molar-refractivity contribution in [3.63, 3.8) is 0 Å². The number of nitrogens with one attached hydrogen (secondary N) is 2. The molecule has 0 amide bonds. The van der Waals surface area contributed by atoms with Crippen molar-refractivity contribution in [1.82, 2.24) is 8.94 Å². The highest BCUT2D eigenvalue weighted by atomic mass is 32.1. The Morgan fingerprint density at radius 1 is 1.09 bits per heavy atom. The summed E-state index contributed by atoms with van der Waals surface area (Å²) >= 11 is 1.06. The zero-order valence-corrected chi connectivity index (χ0v) is 11.7. The van der Waals surface area contributed by atoms with Gasteiger partial charge in [0.1, 0.15) is 4.83 Å². The number of quaternary nitrogens is 2. The van der Waals surface area contributed by atoms with Gasteiger partial charge in [0.25, 0.3) is 5.56 Å². The van der Waals surface area contributed by atoms with E-state index in [4.69, 9.17) is 10.4 Å². The third kappa shape index (κ3) is 2.51. The van der Waals surface area contributed by atoms with Gasteiger partial charge in [-0.25, -0.2) is 19.4 Å². The smallest absolute Gasteiger partial charge is 0.275 e. The van der Waals surface area contributed by atoms with Crippen LogP contribution in [0.4, 0.5) is 11.4 Å². The molecule has 0 bridgehead atoms. The van der Waals surface area contributed by atoms with Gasteiger partial charge in [-0.05, 0) is 23.7 Å². The van der Waals surface area contributed by atoms with E-state index in [1.165, 1.54) is 40.5 Å². The molecule has 0 aliphatic rings. The second-order valence-corrected chi connectivity index (χ2v) is 5.36. The molecule has 3 aromatic rings. The van der Waals surface area contributed by atoms with E-state index in [0.717, 1.165) is 11.5 Å².